The van der Waals surface area contributed by atoms with E-state index in [4.69, 9.17) is 9.47 Å². The fraction of sp³-hybridized carbons (Fsp3) is 0.538. The van der Waals surface area contributed by atoms with Crippen LogP contribution in [0, 0.1) is 17.3 Å². The number of benzene rings is 1. The summed E-state index contributed by atoms with van der Waals surface area (Å²) in [6.07, 6.45) is 1.59. The Labute approximate surface area is 194 Å². The third kappa shape index (κ3) is 5.91. The second-order valence-corrected chi connectivity index (χ2v) is 9.33. The molecule has 3 rings (SSSR count). The summed E-state index contributed by atoms with van der Waals surface area (Å²) in [6.45, 7) is 4.53. The summed E-state index contributed by atoms with van der Waals surface area (Å²) in [5, 5.41) is 30.9. The minimum Gasteiger partial charge on any atom is -0.458 e. The lowest BCUT2D eigenvalue weighted by Gasteiger charge is -2.26. The minimum atomic E-state index is -1.21. The van der Waals surface area contributed by atoms with Crippen molar-refractivity contribution in [2.45, 2.75) is 58.3 Å². The molecule has 0 unspecified atom stereocenters. The Morgan fingerprint density at radius 3 is 2.42 bits per heavy atom. The van der Waals surface area contributed by atoms with Crippen LogP contribution in [0.2, 0.25) is 0 Å². The van der Waals surface area contributed by atoms with Gasteiger partial charge in [-0.3, -0.25) is 9.59 Å². The summed E-state index contributed by atoms with van der Waals surface area (Å²) in [4.78, 5) is 24.3. The predicted molar refractivity (Wildman–Crippen MR) is 122 cm³/mol. The largest absolute Gasteiger partial charge is 0.458 e. The zero-order valence-corrected chi connectivity index (χ0v) is 19.4. The van der Waals surface area contributed by atoms with E-state index in [0.717, 1.165) is 5.56 Å². The summed E-state index contributed by atoms with van der Waals surface area (Å²) >= 11 is 0. The molecule has 3 N–H and O–H groups in total. The van der Waals surface area contributed by atoms with Crippen LogP contribution in [0.15, 0.2) is 53.6 Å². The van der Waals surface area contributed by atoms with Crippen molar-refractivity contribution in [2.75, 3.05) is 13.2 Å². The average Bonchev–Trinajstić information content (AvgIpc) is 3.35. The average molecular weight is 459 g/mol. The van der Waals surface area contributed by atoms with E-state index in [-0.39, 0.29) is 24.9 Å². The van der Waals surface area contributed by atoms with Crippen molar-refractivity contribution >= 4 is 11.9 Å². The molecule has 1 fully saturated rings. The van der Waals surface area contributed by atoms with E-state index >= 15 is 0 Å². The molecule has 0 radical (unpaired) electrons. The molecule has 0 spiro atoms. The fourth-order valence-corrected chi connectivity index (χ4v) is 4.82. The normalized spacial score (nSPS) is 34.7. The highest BCUT2D eigenvalue weighted by atomic mass is 16.6. The summed E-state index contributed by atoms with van der Waals surface area (Å²) in [5.41, 5.74) is 1.63. The number of rotatable bonds is 7. The number of aryl methyl sites for hydroxylation is 1. The highest BCUT2D eigenvalue weighted by Crippen LogP contribution is 2.62. The van der Waals surface area contributed by atoms with Crippen molar-refractivity contribution in [3.63, 3.8) is 0 Å². The van der Waals surface area contributed by atoms with Gasteiger partial charge in [-0.2, -0.15) is 0 Å². The molecule has 0 bridgehead atoms. The number of ether oxygens (including phenoxy) is 2. The lowest BCUT2D eigenvalue weighted by molar-refractivity contribution is -0.148. The molecule has 0 aromatic heterocycles. The Balaban J connectivity index is 1.85. The summed E-state index contributed by atoms with van der Waals surface area (Å²) in [6, 6.07) is 9.62. The van der Waals surface area contributed by atoms with Crippen molar-refractivity contribution in [3.05, 3.63) is 59.2 Å². The first-order valence-electron chi connectivity index (χ1n) is 11.4. The Kier molecular flexibility index (Phi) is 8.10. The Hall–Kier alpha value is -2.48. The molecular weight excluding hydrogens is 424 g/mol. The first-order chi connectivity index (χ1) is 15.7. The molecule has 0 amide bonds. The van der Waals surface area contributed by atoms with Crippen LogP contribution in [0.5, 0.6) is 0 Å². The molecule has 0 aliphatic heterocycles. The van der Waals surface area contributed by atoms with Crippen molar-refractivity contribution in [1.29, 1.82) is 0 Å². The Morgan fingerprint density at radius 1 is 1.12 bits per heavy atom. The van der Waals surface area contributed by atoms with Gasteiger partial charge in [-0.25, -0.2) is 0 Å². The number of esters is 2. The van der Waals surface area contributed by atoms with Gasteiger partial charge in [0.15, 0.2) is 6.10 Å². The van der Waals surface area contributed by atoms with E-state index in [2.05, 4.69) is 0 Å². The smallest absolute Gasteiger partial charge is 0.306 e. The number of allylic oxidation sites excluding steroid dienone is 1. The van der Waals surface area contributed by atoms with Gasteiger partial charge in [0.2, 0.25) is 0 Å². The lowest BCUT2D eigenvalue weighted by Crippen LogP contribution is -2.33. The van der Waals surface area contributed by atoms with Crippen LogP contribution in [-0.4, -0.2) is 58.8 Å². The van der Waals surface area contributed by atoms with E-state index in [0.29, 0.717) is 24.0 Å². The summed E-state index contributed by atoms with van der Waals surface area (Å²) in [5.74, 6) is -0.964. The van der Waals surface area contributed by atoms with Gasteiger partial charge in [0.05, 0.1) is 6.61 Å². The van der Waals surface area contributed by atoms with E-state index in [1.54, 1.807) is 6.92 Å². The van der Waals surface area contributed by atoms with Gasteiger partial charge < -0.3 is 24.8 Å². The monoisotopic (exact) mass is 458 g/mol. The maximum atomic E-state index is 12.7. The second kappa shape index (κ2) is 10.6. The molecule has 1 saturated carbocycles. The highest BCUT2D eigenvalue weighted by Gasteiger charge is 2.60. The minimum absolute atomic E-state index is 0.00699. The lowest BCUT2D eigenvalue weighted by atomic mass is 9.95. The SMILES string of the molecule is CC(=O)O[C@H]1/C(C)=C/[C@@H]2[C@H](C[C@@H](OC(=O)CCc3ccccc3)/C(CO)=C/[C@H]1O)[C@]2(C)CO. The number of hydrogen-bond donors (Lipinski definition) is 3. The number of aliphatic hydroxyl groups excluding tert-OH is 3. The van der Waals surface area contributed by atoms with E-state index in [1.165, 1.54) is 13.0 Å². The van der Waals surface area contributed by atoms with Crippen molar-refractivity contribution in [1.82, 2.24) is 0 Å². The highest BCUT2D eigenvalue weighted by molar-refractivity contribution is 5.70. The molecule has 2 aliphatic rings. The number of carbonyl (C=O) groups is 2. The van der Waals surface area contributed by atoms with Gasteiger partial charge in [-0.05, 0) is 54.4 Å². The summed E-state index contributed by atoms with van der Waals surface area (Å²) in [7, 11) is 0. The molecule has 0 saturated heterocycles. The predicted octanol–water partition coefficient (Wildman–Crippen LogP) is 2.34. The zero-order chi connectivity index (χ0) is 24.2. The van der Waals surface area contributed by atoms with Gasteiger partial charge in [-0.15, -0.1) is 0 Å². The quantitative estimate of drug-likeness (QED) is 0.425. The molecule has 7 heteroatoms. The molecule has 1 aromatic carbocycles. The van der Waals surface area contributed by atoms with Gasteiger partial charge in [-0.1, -0.05) is 43.3 Å². The maximum Gasteiger partial charge on any atom is 0.306 e. The van der Waals surface area contributed by atoms with E-state index in [9.17, 15) is 24.9 Å². The van der Waals surface area contributed by atoms with Crippen LogP contribution in [0.3, 0.4) is 0 Å². The third-order valence-electron chi connectivity index (χ3n) is 6.95. The number of fused-ring (bicyclic) bond motifs is 1. The van der Waals surface area contributed by atoms with Gasteiger partial charge in [0.1, 0.15) is 12.2 Å². The molecule has 0 heterocycles. The van der Waals surface area contributed by atoms with Crippen LogP contribution in [0.25, 0.3) is 0 Å². The van der Waals surface area contributed by atoms with Crippen LogP contribution in [0.4, 0.5) is 0 Å². The molecule has 180 valence electrons. The third-order valence-corrected chi connectivity index (χ3v) is 6.95. The van der Waals surface area contributed by atoms with Crippen LogP contribution in [-0.2, 0) is 25.5 Å². The number of hydrogen-bond acceptors (Lipinski definition) is 7. The molecule has 2 aliphatic carbocycles. The topological polar surface area (TPSA) is 113 Å². The number of carbonyl (C=O) groups excluding carboxylic acids is 2. The van der Waals surface area contributed by atoms with E-state index in [1.807, 2.05) is 43.3 Å². The van der Waals surface area contributed by atoms with Crippen LogP contribution >= 0.6 is 0 Å². The summed E-state index contributed by atoms with van der Waals surface area (Å²) < 4.78 is 11.1. The second-order valence-electron chi connectivity index (χ2n) is 9.33. The van der Waals surface area contributed by atoms with Crippen LogP contribution in [0.1, 0.15) is 39.2 Å². The number of aliphatic hydroxyl groups is 3. The molecular formula is C26H34O7. The van der Waals surface area contributed by atoms with Crippen molar-refractivity contribution in [2.24, 2.45) is 17.3 Å². The molecule has 1 aromatic rings. The molecule has 7 nitrogen and oxygen atoms in total. The molecule has 33 heavy (non-hydrogen) atoms. The van der Waals surface area contributed by atoms with Gasteiger partial charge >= 0.3 is 11.9 Å². The zero-order valence-electron chi connectivity index (χ0n) is 19.4. The fourth-order valence-electron chi connectivity index (χ4n) is 4.82. The van der Waals surface area contributed by atoms with E-state index < -0.39 is 42.3 Å². The first kappa shape index (κ1) is 25.1. The van der Waals surface area contributed by atoms with Gasteiger partial charge in [0.25, 0.3) is 0 Å². The molecule has 6 atom stereocenters. The Bertz CT molecular complexity index is 906. The van der Waals surface area contributed by atoms with Gasteiger partial charge in [0, 0.05) is 25.4 Å². The Morgan fingerprint density at radius 2 is 1.82 bits per heavy atom. The van der Waals surface area contributed by atoms with Crippen molar-refractivity contribution in [3.8, 4) is 0 Å². The standard InChI is InChI=1S/C26H34O7/c1-16-11-20-21(26(20,3)15-28)13-23(19(14-27)12-22(30)25(16)32-17(2)29)33-24(31)10-9-18-7-5-4-6-8-18/h4-8,11-12,20-23,25,27-28,30H,9-10,13-15H2,1-3H3/b16-11+,19-12+/t20-,21+,22-,23-,25+,26-/m1/s1. The first-order valence-corrected chi connectivity index (χ1v) is 11.4. The van der Waals surface area contributed by atoms with Crippen molar-refractivity contribution < 1.29 is 34.4 Å². The maximum absolute atomic E-state index is 12.7. The van der Waals surface area contributed by atoms with Crippen LogP contribution < -0.4 is 0 Å².